The first-order valence-electron chi connectivity index (χ1n) is 10.7. The van der Waals surface area contributed by atoms with Crippen LogP contribution in [0.2, 0.25) is 0 Å². The van der Waals surface area contributed by atoms with Crippen LogP contribution in [0.3, 0.4) is 0 Å². The molecular formula is C24H27N3O3S. The number of hydrogen-bond donors (Lipinski definition) is 1. The molecule has 1 atom stereocenters. The smallest absolute Gasteiger partial charge is 0.322 e. The van der Waals surface area contributed by atoms with Crippen molar-refractivity contribution in [1.82, 2.24) is 9.47 Å². The van der Waals surface area contributed by atoms with Gasteiger partial charge >= 0.3 is 6.03 Å². The lowest BCUT2D eigenvalue weighted by atomic mass is 9.95. The minimum Gasteiger partial charge on any atom is -0.497 e. The topological polar surface area (TPSA) is 55.7 Å². The van der Waals surface area contributed by atoms with Crippen LogP contribution in [-0.4, -0.2) is 29.7 Å². The number of hydrogen-bond acceptors (Lipinski definition) is 4. The number of benzene rings is 1. The van der Waals surface area contributed by atoms with Crippen LogP contribution in [-0.2, 0) is 19.4 Å². The van der Waals surface area contributed by atoms with Crippen molar-refractivity contribution in [1.29, 1.82) is 0 Å². The molecule has 0 spiro atoms. The lowest BCUT2D eigenvalue weighted by Gasteiger charge is -2.28. The normalized spacial score (nSPS) is 17.3. The molecule has 0 fully saturated rings. The average Bonchev–Trinajstić information content (AvgIpc) is 3.39. The van der Waals surface area contributed by atoms with E-state index in [4.69, 9.17) is 9.47 Å². The lowest BCUT2D eigenvalue weighted by molar-refractivity contribution is 0.189. The Hall–Kier alpha value is -2.93. The molecule has 2 aromatic heterocycles. The van der Waals surface area contributed by atoms with E-state index in [1.165, 1.54) is 33.8 Å². The second kappa shape index (κ2) is 7.96. The fourth-order valence-corrected chi connectivity index (χ4v) is 6.11. The Bertz CT molecular complexity index is 1130. The van der Waals surface area contributed by atoms with Gasteiger partial charge in [-0.05, 0) is 62.4 Å². The van der Waals surface area contributed by atoms with E-state index < -0.39 is 0 Å². The third kappa shape index (κ3) is 3.37. The number of aromatic nitrogens is 1. The van der Waals surface area contributed by atoms with Gasteiger partial charge in [0.15, 0.2) is 0 Å². The van der Waals surface area contributed by atoms with Gasteiger partial charge in [0.05, 0.1) is 32.5 Å². The van der Waals surface area contributed by atoms with Crippen molar-refractivity contribution in [2.45, 2.75) is 45.2 Å². The number of urea groups is 1. The Kier molecular flexibility index (Phi) is 5.14. The van der Waals surface area contributed by atoms with Gasteiger partial charge in [0.25, 0.3) is 0 Å². The second-order valence-electron chi connectivity index (χ2n) is 8.10. The van der Waals surface area contributed by atoms with Gasteiger partial charge < -0.3 is 24.3 Å². The third-order valence-corrected chi connectivity index (χ3v) is 7.73. The van der Waals surface area contributed by atoms with E-state index in [9.17, 15) is 4.79 Å². The molecule has 162 valence electrons. The summed E-state index contributed by atoms with van der Waals surface area (Å²) in [5.74, 6) is 1.27. The molecule has 0 bridgehead atoms. The van der Waals surface area contributed by atoms with E-state index in [0.717, 1.165) is 18.5 Å². The van der Waals surface area contributed by atoms with E-state index in [-0.39, 0.29) is 12.1 Å². The number of fused-ring (bicyclic) bond motifs is 5. The van der Waals surface area contributed by atoms with Crippen LogP contribution in [0.25, 0.3) is 5.00 Å². The Balaban J connectivity index is 1.53. The number of ether oxygens (including phenoxy) is 2. The summed E-state index contributed by atoms with van der Waals surface area (Å²) in [7, 11) is 3.21. The quantitative estimate of drug-likeness (QED) is 0.585. The molecule has 3 heterocycles. The van der Waals surface area contributed by atoms with Crippen molar-refractivity contribution in [3.8, 4) is 16.5 Å². The average molecular weight is 438 g/mol. The highest BCUT2D eigenvalue weighted by molar-refractivity contribution is 7.15. The number of rotatable bonds is 3. The summed E-state index contributed by atoms with van der Waals surface area (Å²) < 4.78 is 13.1. The van der Waals surface area contributed by atoms with Crippen LogP contribution in [0, 0.1) is 0 Å². The van der Waals surface area contributed by atoms with Gasteiger partial charge in [0.1, 0.15) is 16.5 Å². The van der Waals surface area contributed by atoms with Crippen molar-refractivity contribution >= 4 is 23.1 Å². The lowest BCUT2D eigenvalue weighted by Crippen LogP contribution is -2.36. The molecule has 1 aliphatic carbocycles. The van der Waals surface area contributed by atoms with E-state index in [1.54, 1.807) is 26.4 Å². The van der Waals surface area contributed by atoms with Gasteiger partial charge in [-0.1, -0.05) is 0 Å². The molecule has 0 saturated heterocycles. The summed E-state index contributed by atoms with van der Waals surface area (Å²) >= 11 is 1.90. The minimum absolute atomic E-state index is 0.0644. The Morgan fingerprint density at radius 3 is 2.77 bits per heavy atom. The Morgan fingerprint density at radius 2 is 1.97 bits per heavy atom. The predicted octanol–water partition coefficient (Wildman–Crippen LogP) is 5.54. The number of methoxy groups -OCH3 is 2. The number of nitrogens with one attached hydrogen (secondary N) is 1. The van der Waals surface area contributed by atoms with E-state index in [0.29, 0.717) is 23.7 Å². The summed E-state index contributed by atoms with van der Waals surface area (Å²) in [6.45, 7) is 2.69. The van der Waals surface area contributed by atoms with Crippen LogP contribution in [0.4, 0.5) is 10.5 Å². The molecular weight excluding hydrogens is 410 g/mol. The largest absolute Gasteiger partial charge is 0.497 e. The highest BCUT2D eigenvalue weighted by Crippen LogP contribution is 2.42. The number of anilines is 1. The van der Waals surface area contributed by atoms with Gasteiger partial charge in [-0.15, -0.1) is 11.3 Å². The van der Waals surface area contributed by atoms with Crippen LogP contribution in [0.1, 0.15) is 47.5 Å². The van der Waals surface area contributed by atoms with Gasteiger partial charge in [0.2, 0.25) is 0 Å². The van der Waals surface area contributed by atoms with Crippen molar-refractivity contribution in [2.24, 2.45) is 0 Å². The molecule has 6 nitrogen and oxygen atoms in total. The first-order chi connectivity index (χ1) is 15.1. The maximum atomic E-state index is 13.5. The van der Waals surface area contributed by atoms with E-state index in [2.05, 4.69) is 35.1 Å². The maximum Gasteiger partial charge on any atom is 0.322 e. The number of carbonyl (C=O) groups is 1. The van der Waals surface area contributed by atoms with E-state index >= 15 is 0 Å². The first-order valence-corrected chi connectivity index (χ1v) is 11.5. The fourth-order valence-electron chi connectivity index (χ4n) is 4.71. The highest BCUT2D eigenvalue weighted by Gasteiger charge is 2.33. The first kappa shape index (κ1) is 20.0. The molecule has 5 rings (SSSR count). The van der Waals surface area contributed by atoms with Crippen LogP contribution < -0.4 is 14.8 Å². The molecule has 0 unspecified atom stereocenters. The van der Waals surface area contributed by atoms with Gasteiger partial charge in [0, 0.05) is 28.4 Å². The molecule has 1 N–H and O–H groups in total. The third-order valence-electron chi connectivity index (χ3n) is 6.39. The molecule has 1 aliphatic heterocycles. The molecule has 3 aromatic rings. The van der Waals surface area contributed by atoms with Crippen LogP contribution in [0.5, 0.6) is 11.5 Å². The monoisotopic (exact) mass is 437 g/mol. The SMILES string of the molecule is COc1ccc(OC)c(NC(=O)N2Cc3c(sc4c3CCCC4)-n3cccc3[C@H]2C)c1. The zero-order valence-corrected chi connectivity index (χ0v) is 18.9. The van der Waals surface area contributed by atoms with Crippen molar-refractivity contribution in [3.05, 3.63) is 58.2 Å². The van der Waals surface area contributed by atoms with Crippen molar-refractivity contribution < 1.29 is 14.3 Å². The van der Waals surface area contributed by atoms with Gasteiger partial charge in [-0.2, -0.15) is 0 Å². The number of nitrogens with zero attached hydrogens (tertiary/aromatic N) is 2. The van der Waals surface area contributed by atoms with E-state index in [1.807, 2.05) is 22.3 Å². The molecule has 31 heavy (non-hydrogen) atoms. The fraction of sp³-hybridized carbons (Fsp3) is 0.375. The number of amides is 2. The predicted molar refractivity (Wildman–Crippen MR) is 123 cm³/mol. The maximum absolute atomic E-state index is 13.5. The van der Waals surface area contributed by atoms with Crippen LogP contribution >= 0.6 is 11.3 Å². The summed E-state index contributed by atoms with van der Waals surface area (Å²) in [6, 6.07) is 9.39. The minimum atomic E-state index is -0.143. The highest BCUT2D eigenvalue weighted by atomic mass is 32.1. The molecule has 7 heteroatoms. The number of aryl methyl sites for hydroxylation is 1. The van der Waals surface area contributed by atoms with Crippen molar-refractivity contribution in [2.75, 3.05) is 19.5 Å². The standard InChI is InChI=1S/C24H27N3O3S/c1-15-20-8-6-12-26(20)23-18(17-7-4-5-9-22(17)31-23)14-27(15)24(28)25-19-13-16(29-2)10-11-21(19)30-3/h6,8,10-13,15H,4-5,7,9,14H2,1-3H3,(H,25,28)/t15-/m1/s1. The number of thiophene rings is 1. The Labute approximate surface area is 186 Å². The molecule has 1 aromatic carbocycles. The zero-order valence-electron chi connectivity index (χ0n) is 18.1. The van der Waals surface area contributed by atoms with Gasteiger partial charge in [-0.25, -0.2) is 4.79 Å². The summed E-state index contributed by atoms with van der Waals surface area (Å²) in [5, 5.41) is 4.34. The summed E-state index contributed by atoms with van der Waals surface area (Å²) in [6.07, 6.45) is 6.84. The van der Waals surface area contributed by atoms with Crippen LogP contribution in [0.15, 0.2) is 36.5 Å². The molecule has 2 aliphatic rings. The number of carbonyl (C=O) groups excluding carboxylic acids is 1. The molecule has 2 amide bonds. The Morgan fingerprint density at radius 1 is 1.13 bits per heavy atom. The summed E-state index contributed by atoms with van der Waals surface area (Å²) in [4.78, 5) is 17.0. The van der Waals surface area contributed by atoms with Crippen molar-refractivity contribution in [3.63, 3.8) is 0 Å². The second-order valence-corrected chi connectivity index (χ2v) is 9.18. The van der Waals surface area contributed by atoms with Gasteiger partial charge in [-0.3, -0.25) is 0 Å². The molecule has 0 radical (unpaired) electrons. The summed E-state index contributed by atoms with van der Waals surface area (Å²) in [5.41, 5.74) is 4.49. The molecule has 0 saturated carbocycles. The zero-order chi connectivity index (χ0) is 21.5.